The summed E-state index contributed by atoms with van der Waals surface area (Å²) in [4.78, 5) is 64.5. The predicted octanol–water partition coefficient (Wildman–Crippen LogP) is -0.284. The molecule has 0 bridgehead atoms. The number of aromatic nitrogens is 1. The largest absolute Gasteiger partial charge is 0.480 e. The Morgan fingerprint density at radius 2 is 1.51 bits per heavy atom. The van der Waals surface area contributed by atoms with Crippen LogP contribution < -0.4 is 27.4 Å². The maximum Gasteiger partial charge on any atom is 0.322 e. The van der Waals surface area contributed by atoms with Crippen molar-refractivity contribution in [3.05, 3.63) is 71.9 Å². The molecule has 3 atom stereocenters. The van der Waals surface area contributed by atoms with Crippen molar-refractivity contribution in [2.45, 2.75) is 43.8 Å². The number of benzene rings is 2. The second-order valence-electron chi connectivity index (χ2n) is 9.10. The van der Waals surface area contributed by atoms with Crippen LogP contribution in [-0.4, -0.2) is 64.4 Å². The minimum absolute atomic E-state index is 0.0329. The zero-order valence-corrected chi connectivity index (χ0v) is 21.2. The van der Waals surface area contributed by atoms with Gasteiger partial charge in [0.25, 0.3) is 0 Å². The molecule has 0 aliphatic rings. The number of carbonyl (C=O) groups excluding carboxylic acids is 4. The number of carboxylic acids is 1. The number of rotatable bonds is 14. The summed E-state index contributed by atoms with van der Waals surface area (Å²) in [5.74, 6) is -4.01. The van der Waals surface area contributed by atoms with Gasteiger partial charge >= 0.3 is 5.97 Å². The highest BCUT2D eigenvalue weighted by Crippen LogP contribution is 2.19. The standard InChI is InChI=1S/C27H32N6O6/c28-19(12-16-6-2-1-3-7-16)25(37)32-21(10-11-23(29)34)27(39)33-22(26(38)31-15-24(35)36)13-17-14-30-20-9-5-4-8-18(17)20/h1-9,14,19,21-22,30H,10-13,15,28H2,(H2,29,34)(H,31,38)(H,32,37)(H,33,39)(H,35,36). The zero-order chi connectivity index (χ0) is 28.4. The van der Waals surface area contributed by atoms with Crippen molar-refractivity contribution in [2.24, 2.45) is 11.5 Å². The molecule has 0 fully saturated rings. The van der Waals surface area contributed by atoms with Crippen LogP contribution in [0.3, 0.4) is 0 Å². The number of carboxylic acid groups (broad SMARTS) is 1. The van der Waals surface area contributed by atoms with Crippen molar-refractivity contribution in [1.29, 1.82) is 0 Å². The highest BCUT2D eigenvalue weighted by atomic mass is 16.4. The summed E-state index contributed by atoms with van der Waals surface area (Å²) in [6.45, 7) is -0.644. The van der Waals surface area contributed by atoms with Crippen LogP contribution in [0, 0.1) is 0 Å². The number of nitrogens with one attached hydrogen (secondary N) is 4. The Balaban J connectivity index is 1.77. The predicted molar refractivity (Wildman–Crippen MR) is 143 cm³/mol. The van der Waals surface area contributed by atoms with Crippen LogP contribution in [0.1, 0.15) is 24.0 Å². The quantitative estimate of drug-likeness (QED) is 0.146. The van der Waals surface area contributed by atoms with Gasteiger partial charge in [-0.3, -0.25) is 24.0 Å². The number of aliphatic carboxylic acids is 1. The lowest BCUT2D eigenvalue weighted by Crippen LogP contribution is -2.56. The van der Waals surface area contributed by atoms with E-state index in [0.29, 0.717) is 5.56 Å². The van der Waals surface area contributed by atoms with Gasteiger partial charge in [0.05, 0.1) is 6.04 Å². The smallest absolute Gasteiger partial charge is 0.322 e. The van der Waals surface area contributed by atoms with Crippen molar-refractivity contribution < 1.29 is 29.1 Å². The molecule has 0 aliphatic heterocycles. The summed E-state index contributed by atoms with van der Waals surface area (Å²) in [7, 11) is 0. The van der Waals surface area contributed by atoms with Crippen LogP contribution in [0.25, 0.3) is 10.9 Å². The van der Waals surface area contributed by atoms with Crippen LogP contribution in [0.4, 0.5) is 0 Å². The number of fused-ring (bicyclic) bond motifs is 1. The summed E-state index contributed by atoms with van der Waals surface area (Å²) >= 11 is 0. The fraction of sp³-hybridized carbons (Fsp3) is 0.296. The highest BCUT2D eigenvalue weighted by molar-refractivity contribution is 5.94. The summed E-state index contributed by atoms with van der Waals surface area (Å²) in [5, 5.41) is 17.2. The van der Waals surface area contributed by atoms with E-state index >= 15 is 0 Å². The summed E-state index contributed by atoms with van der Waals surface area (Å²) in [5.41, 5.74) is 13.7. The molecule has 1 aromatic heterocycles. The SMILES string of the molecule is NC(=O)CCC(NC(=O)C(N)Cc1ccccc1)C(=O)NC(Cc1c[nH]c2ccccc12)C(=O)NCC(=O)O. The Labute approximate surface area is 224 Å². The second kappa shape index (κ2) is 13.7. The summed E-state index contributed by atoms with van der Waals surface area (Å²) < 4.78 is 0. The van der Waals surface area contributed by atoms with Crippen LogP contribution >= 0.6 is 0 Å². The molecule has 3 unspecified atom stereocenters. The third-order valence-electron chi connectivity index (χ3n) is 6.09. The van der Waals surface area contributed by atoms with Crippen molar-refractivity contribution >= 4 is 40.5 Å². The lowest BCUT2D eigenvalue weighted by Gasteiger charge is -2.24. The number of para-hydroxylation sites is 1. The van der Waals surface area contributed by atoms with Gasteiger partial charge in [-0.05, 0) is 30.0 Å². The van der Waals surface area contributed by atoms with Crippen LogP contribution in [0.15, 0.2) is 60.8 Å². The molecule has 12 nitrogen and oxygen atoms in total. The molecule has 0 spiro atoms. The Morgan fingerprint density at radius 1 is 0.846 bits per heavy atom. The van der Waals surface area contributed by atoms with E-state index in [4.69, 9.17) is 16.6 Å². The number of primary amides is 1. The summed E-state index contributed by atoms with van der Waals surface area (Å²) in [6.07, 6.45) is 1.62. The molecular weight excluding hydrogens is 504 g/mol. The monoisotopic (exact) mass is 536 g/mol. The lowest BCUT2D eigenvalue weighted by molar-refractivity contribution is -0.138. The van der Waals surface area contributed by atoms with E-state index in [1.807, 2.05) is 54.6 Å². The topological polar surface area (TPSA) is 209 Å². The van der Waals surface area contributed by atoms with Crippen LogP contribution in [0.5, 0.6) is 0 Å². The molecule has 2 aromatic carbocycles. The van der Waals surface area contributed by atoms with E-state index < -0.39 is 54.3 Å². The number of aromatic amines is 1. The average molecular weight is 537 g/mol. The van der Waals surface area contributed by atoms with Gasteiger partial charge in [0.2, 0.25) is 23.6 Å². The maximum absolute atomic E-state index is 13.3. The van der Waals surface area contributed by atoms with Gasteiger partial charge in [0.15, 0.2) is 0 Å². The Bertz CT molecular complexity index is 1320. The van der Waals surface area contributed by atoms with Gasteiger partial charge in [-0.15, -0.1) is 0 Å². The molecule has 39 heavy (non-hydrogen) atoms. The van der Waals surface area contributed by atoms with Crippen LogP contribution in [-0.2, 0) is 36.8 Å². The Kier molecular flexibility index (Phi) is 10.2. The Hall–Kier alpha value is -4.71. The third kappa shape index (κ3) is 8.68. The minimum atomic E-state index is -1.25. The first-order valence-electron chi connectivity index (χ1n) is 12.4. The van der Waals surface area contributed by atoms with Gasteiger partial charge in [-0.1, -0.05) is 48.5 Å². The first-order chi connectivity index (χ1) is 18.6. The number of nitrogens with two attached hydrogens (primary N) is 2. The van der Waals surface area contributed by atoms with Gasteiger partial charge in [-0.25, -0.2) is 0 Å². The van der Waals surface area contributed by atoms with Crippen molar-refractivity contribution in [1.82, 2.24) is 20.9 Å². The van der Waals surface area contributed by atoms with Gasteiger partial charge < -0.3 is 37.5 Å². The number of amides is 4. The van der Waals surface area contributed by atoms with E-state index in [0.717, 1.165) is 16.5 Å². The molecule has 0 aliphatic carbocycles. The minimum Gasteiger partial charge on any atom is -0.480 e. The molecule has 206 valence electrons. The molecule has 0 saturated carbocycles. The first kappa shape index (κ1) is 28.9. The van der Waals surface area contributed by atoms with Gasteiger partial charge in [0.1, 0.15) is 18.6 Å². The number of H-pyrrole nitrogens is 1. The van der Waals surface area contributed by atoms with E-state index in [-0.39, 0.29) is 25.7 Å². The Morgan fingerprint density at radius 3 is 2.21 bits per heavy atom. The van der Waals surface area contributed by atoms with Crippen molar-refractivity contribution in [2.75, 3.05) is 6.54 Å². The molecule has 12 heteroatoms. The molecule has 3 rings (SSSR count). The van der Waals surface area contributed by atoms with E-state index in [9.17, 15) is 24.0 Å². The van der Waals surface area contributed by atoms with Crippen LogP contribution in [0.2, 0.25) is 0 Å². The second-order valence-corrected chi connectivity index (χ2v) is 9.10. The number of carbonyl (C=O) groups is 5. The fourth-order valence-electron chi connectivity index (χ4n) is 4.08. The maximum atomic E-state index is 13.3. The van der Waals surface area contributed by atoms with Crippen molar-refractivity contribution in [3.8, 4) is 0 Å². The molecule has 3 aromatic rings. The normalized spacial score (nSPS) is 13.2. The van der Waals surface area contributed by atoms with E-state index in [1.165, 1.54) is 0 Å². The number of hydrogen-bond acceptors (Lipinski definition) is 6. The molecule has 0 saturated heterocycles. The third-order valence-corrected chi connectivity index (χ3v) is 6.09. The lowest BCUT2D eigenvalue weighted by atomic mass is 10.0. The van der Waals surface area contributed by atoms with E-state index in [2.05, 4.69) is 20.9 Å². The molecule has 0 radical (unpaired) electrons. The van der Waals surface area contributed by atoms with Gasteiger partial charge in [0, 0.05) is 29.9 Å². The highest BCUT2D eigenvalue weighted by Gasteiger charge is 2.29. The average Bonchev–Trinajstić information content (AvgIpc) is 3.32. The van der Waals surface area contributed by atoms with Crippen molar-refractivity contribution in [3.63, 3.8) is 0 Å². The summed E-state index contributed by atoms with van der Waals surface area (Å²) in [6, 6.07) is 13.1. The van der Waals surface area contributed by atoms with Gasteiger partial charge in [-0.2, -0.15) is 0 Å². The molecule has 4 amide bonds. The fourth-order valence-corrected chi connectivity index (χ4v) is 4.08. The molecule has 9 N–H and O–H groups in total. The first-order valence-corrected chi connectivity index (χ1v) is 12.4. The molecular formula is C27H32N6O6. The molecule has 1 heterocycles. The van der Waals surface area contributed by atoms with E-state index in [1.54, 1.807) is 6.20 Å². The number of hydrogen-bond donors (Lipinski definition) is 7. The zero-order valence-electron chi connectivity index (χ0n) is 21.2.